The van der Waals surface area contributed by atoms with Crippen LogP contribution in [0.15, 0.2) is 42.5 Å². The van der Waals surface area contributed by atoms with Gasteiger partial charge in [-0.1, -0.05) is 30.3 Å². The van der Waals surface area contributed by atoms with Gasteiger partial charge in [0.15, 0.2) is 0 Å². The first-order valence-electron chi connectivity index (χ1n) is 6.49. The zero-order valence-electron chi connectivity index (χ0n) is 10.7. The molecule has 0 aliphatic carbocycles. The van der Waals surface area contributed by atoms with E-state index < -0.39 is 0 Å². The van der Waals surface area contributed by atoms with Crippen LogP contribution in [0.2, 0.25) is 0 Å². The Balaban J connectivity index is 2.03. The molecule has 0 aromatic heterocycles. The molecule has 0 saturated carbocycles. The lowest BCUT2D eigenvalue weighted by atomic mass is 9.95. The van der Waals surface area contributed by atoms with E-state index >= 15 is 0 Å². The molecule has 2 heterocycles. The van der Waals surface area contributed by atoms with Crippen molar-refractivity contribution in [2.45, 2.75) is 19.5 Å². The Morgan fingerprint density at radius 2 is 1.67 bits per heavy atom. The Bertz CT molecular complexity index is 633. The molecule has 0 radical (unpaired) electrons. The molecule has 0 amide bonds. The molecule has 2 nitrogen and oxygen atoms in total. The molecule has 1 unspecified atom stereocenters. The monoisotopic (exact) mass is 236 g/mol. The summed E-state index contributed by atoms with van der Waals surface area (Å²) in [6, 6.07) is 15.4. The molecule has 0 N–H and O–H groups in total. The highest BCUT2D eigenvalue weighted by molar-refractivity contribution is 5.89. The van der Waals surface area contributed by atoms with Gasteiger partial charge in [-0.2, -0.15) is 0 Å². The van der Waals surface area contributed by atoms with Gasteiger partial charge in [-0.15, -0.1) is 0 Å². The van der Waals surface area contributed by atoms with Gasteiger partial charge in [-0.25, -0.2) is 0 Å². The van der Waals surface area contributed by atoms with Gasteiger partial charge < -0.3 is 9.80 Å². The molecule has 2 aromatic carbocycles. The summed E-state index contributed by atoms with van der Waals surface area (Å²) < 4.78 is 0. The predicted octanol–water partition coefficient (Wildman–Crippen LogP) is 3.52. The normalized spacial score (nSPS) is 19.8. The second-order valence-electron chi connectivity index (χ2n) is 5.20. The fraction of sp³-hybridized carbons (Fsp3) is 0.250. The van der Waals surface area contributed by atoms with E-state index in [0.29, 0.717) is 6.17 Å². The molecular formula is C16H16N2. The number of para-hydroxylation sites is 2. The van der Waals surface area contributed by atoms with Crippen LogP contribution in [0.25, 0.3) is 0 Å². The first-order chi connectivity index (χ1) is 8.77. The van der Waals surface area contributed by atoms with E-state index in [2.05, 4.69) is 66.2 Å². The Hall–Kier alpha value is -1.96. The second kappa shape index (κ2) is 3.29. The number of anilines is 3. The molecule has 0 spiro atoms. The van der Waals surface area contributed by atoms with E-state index in [1.165, 1.54) is 28.2 Å². The van der Waals surface area contributed by atoms with E-state index in [9.17, 15) is 0 Å². The number of nitrogens with zero attached hydrogens (tertiary/aromatic N) is 2. The average Bonchev–Trinajstić information content (AvgIpc) is 2.66. The highest BCUT2D eigenvalue weighted by Gasteiger charge is 2.36. The maximum atomic E-state index is 2.48. The van der Waals surface area contributed by atoms with Crippen molar-refractivity contribution < 1.29 is 0 Å². The van der Waals surface area contributed by atoms with Crippen molar-refractivity contribution in [1.82, 2.24) is 0 Å². The molecular weight excluding hydrogens is 220 g/mol. The number of hydrogen-bond donors (Lipinski definition) is 0. The fourth-order valence-corrected chi connectivity index (χ4v) is 3.27. The minimum absolute atomic E-state index is 0.391. The third-order valence-corrected chi connectivity index (χ3v) is 4.29. The van der Waals surface area contributed by atoms with Crippen molar-refractivity contribution in [1.29, 1.82) is 0 Å². The van der Waals surface area contributed by atoms with Gasteiger partial charge in [0.2, 0.25) is 0 Å². The van der Waals surface area contributed by atoms with Gasteiger partial charge in [0.05, 0.1) is 11.4 Å². The maximum absolute atomic E-state index is 2.48. The standard InChI is InChI=1S/C16H16N2/c1-11-17(2)15-9-5-7-13-10-12-6-3-4-8-14(12)18(11)16(13)15/h3-9,11H,10H2,1-2H3. The van der Waals surface area contributed by atoms with Crippen LogP contribution >= 0.6 is 0 Å². The zero-order valence-corrected chi connectivity index (χ0v) is 10.7. The summed E-state index contributed by atoms with van der Waals surface area (Å²) in [5.74, 6) is 0. The first kappa shape index (κ1) is 10.0. The van der Waals surface area contributed by atoms with Gasteiger partial charge in [0.25, 0.3) is 0 Å². The Morgan fingerprint density at radius 1 is 0.944 bits per heavy atom. The van der Waals surface area contributed by atoms with Gasteiger partial charge in [-0.05, 0) is 30.2 Å². The summed E-state index contributed by atoms with van der Waals surface area (Å²) in [5.41, 5.74) is 7.02. The van der Waals surface area contributed by atoms with Crippen LogP contribution in [-0.2, 0) is 6.42 Å². The maximum Gasteiger partial charge on any atom is 0.103 e. The second-order valence-corrected chi connectivity index (χ2v) is 5.20. The molecule has 2 aromatic rings. The molecule has 2 heteroatoms. The van der Waals surface area contributed by atoms with Gasteiger partial charge in [0.1, 0.15) is 6.17 Å². The lowest BCUT2D eigenvalue weighted by Gasteiger charge is -2.33. The van der Waals surface area contributed by atoms with E-state index in [-0.39, 0.29) is 0 Å². The average molecular weight is 236 g/mol. The predicted molar refractivity (Wildman–Crippen MR) is 75.7 cm³/mol. The first-order valence-corrected chi connectivity index (χ1v) is 6.49. The van der Waals surface area contributed by atoms with Gasteiger partial charge in [0, 0.05) is 19.2 Å². The Kier molecular flexibility index (Phi) is 1.83. The summed E-state index contributed by atoms with van der Waals surface area (Å²) in [6.45, 7) is 2.27. The zero-order chi connectivity index (χ0) is 12.3. The van der Waals surface area contributed by atoms with E-state index in [1.54, 1.807) is 0 Å². The van der Waals surface area contributed by atoms with E-state index in [0.717, 1.165) is 6.42 Å². The van der Waals surface area contributed by atoms with Crippen molar-refractivity contribution in [2.75, 3.05) is 16.8 Å². The van der Waals surface area contributed by atoms with Crippen LogP contribution < -0.4 is 9.80 Å². The summed E-state index contributed by atoms with van der Waals surface area (Å²) in [6.07, 6.45) is 1.44. The van der Waals surface area contributed by atoms with Crippen LogP contribution in [0.1, 0.15) is 18.1 Å². The summed E-state index contributed by atoms with van der Waals surface area (Å²) in [5, 5.41) is 0. The molecule has 0 bridgehead atoms. The number of fused-ring (bicyclic) bond motifs is 2. The third-order valence-electron chi connectivity index (χ3n) is 4.29. The summed E-state index contributed by atoms with van der Waals surface area (Å²) in [7, 11) is 2.18. The number of rotatable bonds is 0. The highest BCUT2D eigenvalue weighted by atomic mass is 15.4. The molecule has 2 aliphatic rings. The van der Waals surface area contributed by atoms with Gasteiger partial charge in [-0.3, -0.25) is 0 Å². The van der Waals surface area contributed by atoms with Crippen LogP contribution in [-0.4, -0.2) is 13.2 Å². The number of hydrogen-bond acceptors (Lipinski definition) is 2. The Morgan fingerprint density at radius 3 is 2.56 bits per heavy atom. The summed E-state index contributed by atoms with van der Waals surface area (Å²) >= 11 is 0. The lowest BCUT2D eigenvalue weighted by molar-refractivity contribution is 0.727. The van der Waals surface area contributed by atoms with Gasteiger partial charge >= 0.3 is 0 Å². The molecule has 0 fully saturated rings. The topological polar surface area (TPSA) is 6.48 Å². The smallest absolute Gasteiger partial charge is 0.103 e. The van der Waals surface area contributed by atoms with Crippen LogP contribution in [0.4, 0.5) is 17.1 Å². The minimum Gasteiger partial charge on any atom is -0.353 e. The lowest BCUT2D eigenvalue weighted by Crippen LogP contribution is -2.37. The van der Waals surface area contributed by atoms with Crippen LogP contribution in [0.3, 0.4) is 0 Å². The van der Waals surface area contributed by atoms with Crippen molar-refractivity contribution >= 4 is 17.1 Å². The van der Waals surface area contributed by atoms with E-state index in [1.807, 2.05) is 0 Å². The van der Waals surface area contributed by atoms with Crippen molar-refractivity contribution in [3.63, 3.8) is 0 Å². The largest absolute Gasteiger partial charge is 0.353 e. The summed E-state index contributed by atoms with van der Waals surface area (Å²) in [4.78, 5) is 4.84. The molecule has 18 heavy (non-hydrogen) atoms. The Labute approximate surface area is 107 Å². The minimum atomic E-state index is 0.391. The number of benzene rings is 2. The quantitative estimate of drug-likeness (QED) is 0.690. The highest BCUT2D eigenvalue weighted by Crippen LogP contribution is 2.49. The molecule has 4 rings (SSSR count). The SMILES string of the molecule is CC1N(C)c2cccc3c2N1c1ccccc1C3. The van der Waals surface area contributed by atoms with Crippen molar-refractivity contribution in [3.8, 4) is 0 Å². The molecule has 0 saturated heterocycles. The van der Waals surface area contributed by atoms with Crippen molar-refractivity contribution in [2.24, 2.45) is 0 Å². The van der Waals surface area contributed by atoms with Crippen LogP contribution in [0.5, 0.6) is 0 Å². The van der Waals surface area contributed by atoms with Crippen LogP contribution in [0, 0.1) is 0 Å². The fourth-order valence-electron chi connectivity index (χ4n) is 3.27. The molecule has 90 valence electrons. The third kappa shape index (κ3) is 1.08. The van der Waals surface area contributed by atoms with Crippen molar-refractivity contribution in [3.05, 3.63) is 53.6 Å². The molecule has 1 atom stereocenters. The molecule has 2 aliphatic heterocycles. The van der Waals surface area contributed by atoms with E-state index in [4.69, 9.17) is 0 Å².